The van der Waals surface area contributed by atoms with Crippen LogP contribution in [0, 0.1) is 0 Å². The van der Waals surface area contributed by atoms with Crippen LogP contribution in [-0.4, -0.2) is 33.6 Å². The predicted octanol–water partition coefficient (Wildman–Crippen LogP) is 8.51. The maximum absolute atomic E-state index is 6.13. The molecule has 0 aliphatic rings. The van der Waals surface area contributed by atoms with Crippen LogP contribution in [0.25, 0.3) is 45.8 Å². The second-order valence-electron chi connectivity index (χ2n) is 12.2. The molecule has 0 N–H and O–H groups in total. The summed E-state index contributed by atoms with van der Waals surface area (Å²) < 4.78 is 24.3. The second kappa shape index (κ2) is 11.4. The molecule has 42 heavy (non-hydrogen) atoms. The van der Waals surface area contributed by atoms with Gasteiger partial charge < -0.3 is 18.3 Å². The van der Waals surface area contributed by atoms with Gasteiger partial charge in [0.1, 0.15) is 11.5 Å². The van der Waals surface area contributed by atoms with E-state index in [1.807, 2.05) is 50.2 Å². The quantitative estimate of drug-likeness (QED) is 0.184. The van der Waals surface area contributed by atoms with Crippen LogP contribution in [0.5, 0.6) is 11.5 Å². The molecule has 0 spiro atoms. The lowest BCUT2D eigenvalue weighted by Crippen LogP contribution is -2.10. The highest BCUT2D eigenvalue weighted by atomic mass is 16.5. The topological polar surface area (TPSA) is 96.3 Å². The molecule has 0 radical (unpaired) electrons. The summed E-state index contributed by atoms with van der Waals surface area (Å²) in [6.07, 6.45) is 0. The number of aromatic nitrogens is 4. The molecule has 0 aliphatic heterocycles. The highest BCUT2D eigenvalue weighted by Crippen LogP contribution is 2.41. The van der Waals surface area contributed by atoms with Crippen molar-refractivity contribution in [1.82, 2.24) is 20.4 Å². The number of ether oxygens (including phenoxy) is 2. The normalized spacial score (nSPS) is 12.0. The molecule has 2 aromatic heterocycles. The first-order chi connectivity index (χ1) is 20.0. The Balaban J connectivity index is 1.50. The standard InChI is InChI=1S/C34H38N4O4/c1-9-39-27-19-26(32-38-36-30(42-32)22-13-17-24(18-14-22)34(6,7)8)28(40-10-2)20-25(27)31-37-35-29(41-31)21-11-15-23(16-12-21)33(3,4)5/h11-20H,9-10H2,1-8H3. The van der Waals surface area contributed by atoms with E-state index < -0.39 is 0 Å². The lowest BCUT2D eigenvalue weighted by molar-refractivity contribution is 0.331. The number of benzene rings is 3. The van der Waals surface area contributed by atoms with Gasteiger partial charge in [0, 0.05) is 11.1 Å². The summed E-state index contributed by atoms with van der Waals surface area (Å²) in [5, 5.41) is 17.3. The third-order valence-electron chi connectivity index (χ3n) is 6.99. The van der Waals surface area contributed by atoms with Crippen molar-refractivity contribution in [2.24, 2.45) is 0 Å². The van der Waals surface area contributed by atoms with E-state index in [2.05, 4.69) is 86.2 Å². The Hall–Kier alpha value is -4.46. The highest BCUT2D eigenvalue weighted by Gasteiger charge is 2.23. The van der Waals surface area contributed by atoms with Crippen molar-refractivity contribution in [1.29, 1.82) is 0 Å². The zero-order valence-electron chi connectivity index (χ0n) is 25.6. The van der Waals surface area contributed by atoms with Gasteiger partial charge in [0.05, 0.1) is 24.3 Å². The number of rotatable bonds is 8. The van der Waals surface area contributed by atoms with Gasteiger partial charge in [-0.25, -0.2) is 0 Å². The first-order valence-electron chi connectivity index (χ1n) is 14.3. The summed E-state index contributed by atoms with van der Waals surface area (Å²) in [5.74, 6) is 2.59. The number of nitrogens with zero attached hydrogens (tertiary/aromatic N) is 4. The summed E-state index contributed by atoms with van der Waals surface area (Å²) >= 11 is 0. The molecule has 0 saturated carbocycles. The van der Waals surface area contributed by atoms with Gasteiger partial charge in [0.25, 0.3) is 11.8 Å². The Morgan fingerprint density at radius 2 is 0.857 bits per heavy atom. The van der Waals surface area contributed by atoms with Crippen molar-refractivity contribution in [3.8, 4) is 57.3 Å². The molecule has 8 nitrogen and oxygen atoms in total. The van der Waals surface area contributed by atoms with E-state index in [4.69, 9.17) is 18.3 Å². The molecule has 5 rings (SSSR count). The summed E-state index contributed by atoms with van der Waals surface area (Å²) in [4.78, 5) is 0. The van der Waals surface area contributed by atoms with Crippen LogP contribution in [0.1, 0.15) is 66.5 Å². The van der Waals surface area contributed by atoms with E-state index in [1.54, 1.807) is 0 Å². The van der Waals surface area contributed by atoms with Crippen LogP contribution >= 0.6 is 0 Å². The molecule has 0 amide bonds. The van der Waals surface area contributed by atoms with Crippen molar-refractivity contribution in [3.63, 3.8) is 0 Å². The molecule has 218 valence electrons. The Morgan fingerprint density at radius 3 is 1.17 bits per heavy atom. The minimum Gasteiger partial charge on any atom is -0.493 e. The largest absolute Gasteiger partial charge is 0.493 e. The van der Waals surface area contributed by atoms with E-state index in [0.29, 0.717) is 59.4 Å². The molecule has 0 aliphatic carbocycles. The Labute approximate surface area is 247 Å². The average molecular weight is 567 g/mol. The van der Waals surface area contributed by atoms with Crippen molar-refractivity contribution in [2.75, 3.05) is 13.2 Å². The molecule has 0 bridgehead atoms. The summed E-state index contributed by atoms with van der Waals surface area (Å²) in [5.41, 5.74) is 5.49. The van der Waals surface area contributed by atoms with Gasteiger partial charge in [-0.15, -0.1) is 20.4 Å². The lowest BCUT2D eigenvalue weighted by Gasteiger charge is -2.18. The molecule has 0 atom stereocenters. The van der Waals surface area contributed by atoms with Gasteiger partial charge >= 0.3 is 0 Å². The van der Waals surface area contributed by atoms with E-state index in [-0.39, 0.29) is 10.8 Å². The third-order valence-corrected chi connectivity index (χ3v) is 6.99. The van der Waals surface area contributed by atoms with Crippen LogP contribution in [-0.2, 0) is 10.8 Å². The van der Waals surface area contributed by atoms with Crippen LogP contribution in [0.4, 0.5) is 0 Å². The Kier molecular flexibility index (Phi) is 7.91. The van der Waals surface area contributed by atoms with Gasteiger partial charge in [-0.3, -0.25) is 0 Å². The predicted molar refractivity (Wildman–Crippen MR) is 164 cm³/mol. The zero-order valence-corrected chi connectivity index (χ0v) is 25.6. The molecular weight excluding hydrogens is 528 g/mol. The summed E-state index contributed by atoms with van der Waals surface area (Å²) in [6, 6.07) is 20.0. The van der Waals surface area contributed by atoms with E-state index in [1.165, 1.54) is 11.1 Å². The molecule has 8 heteroatoms. The fourth-order valence-corrected chi connectivity index (χ4v) is 4.57. The molecule has 0 unspecified atom stereocenters. The monoisotopic (exact) mass is 566 g/mol. The van der Waals surface area contributed by atoms with Crippen LogP contribution in [0.15, 0.2) is 69.5 Å². The van der Waals surface area contributed by atoms with Crippen molar-refractivity contribution in [2.45, 2.75) is 66.2 Å². The van der Waals surface area contributed by atoms with Crippen molar-refractivity contribution in [3.05, 3.63) is 71.8 Å². The van der Waals surface area contributed by atoms with Crippen molar-refractivity contribution < 1.29 is 18.3 Å². The molecule has 5 aromatic rings. The van der Waals surface area contributed by atoms with Gasteiger partial charge in [0.2, 0.25) is 11.8 Å². The van der Waals surface area contributed by atoms with Crippen LogP contribution < -0.4 is 9.47 Å². The number of hydrogen-bond acceptors (Lipinski definition) is 8. The minimum atomic E-state index is 0.0539. The van der Waals surface area contributed by atoms with Crippen LogP contribution in [0.3, 0.4) is 0 Å². The van der Waals surface area contributed by atoms with Gasteiger partial charge in [-0.1, -0.05) is 65.8 Å². The van der Waals surface area contributed by atoms with Crippen LogP contribution in [0.2, 0.25) is 0 Å². The maximum Gasteiger partial charge on any atom is 0.252 e. The SMILES string of the molecule is CCOc1cc(-c2nnc(-c3ccc(C(C)(C)C)cc3)o2)c(OCC)cc1-c1nnc(-c2ccc(C(C)(C)C)cc2)o1. The zero-order chi connectivity index (χ0) is 30.1. The van der Waals surface area contributed by atoms with Gasteiger partial charge in [-0.2, -0.15) is 0 Å². The maximum atomic E-state index is 6.13. The Morgan fingerprint density at radius 1 is 0.524 bits per heavy atom. The molecular formula is C34H38N4O4. The highest BCUT2D eigenvalue weighted by molar-refractivity contribution is 5.76. The second-order valence-corrected chi connectivity index (χ2v) is 12.2. The Bertz CT molecular complexity index is 1530. The van der Waals surface area contributed by atoms with Gasteiger partial charge in [0.15, 0.2) is 0 Å². The van der Waals surface area contributed by atoms with E-state index in [0.717, 1.165) is 11.1 Å². The molecule has 2 heterocycles. The average Bonchev–Trinajstić information content (AvgIpc) is 3.64. The molecule has 3 aromatic carbocycles. The molecule has 0 fully saturated rings. The van der Waals surface area contributed by atoms with E-state index in [9.17, 15) is 0 Å². The fourth-order valence-electron chi connectivity index (χ4n) is 4.57. The van der Waals surface area contributed by atoms with Gasteiger partial charge in [-0.05, 0) is 72.2 Å². The third kappa shape index (κ3) is 6.08. The fraction of sp³-hybridized carbons (Fsp3) is 0.353. The first-order valence-corrected chi connectivity index (χ1v) is 14.3. The first kappa shape index (κ1) is 29.0. The van der Waals surface area contributed by atoms with Crippen molar-refractivity contribution >= 4 is 0 Å². The summed E-state index contributed by atoms with van der Waals surface area (Å²) in [7, 11) is 0. The molecule has 0 saturated heterocycles. The minimum absolute atomic E-state index is 0.0539. The summed E-state index contributed by atoms with van der Waals surface area (Å²) in [6.45, 7) is 17.8. The lowest BCUT2D eigenvalue weighted by atomic mass is 9.87. The smallest absolute Gasteiger partial charge is 0.252 e. The number of hydrogen-bond donors (Lipinski definition) is 0. The van der Waals surface area contributed by atoms with E-state index >= 15 is 0 Å².